The number of hydrogen-bond donors (Lipinski definition) is 2. The lowest BCUT2D eigenvalue weighted by molar-refractivity contribution is 0.179. The standard InChI is InChI=1S/C15H20FN3O2.HI/c1-9(8-20-3)19-15(17)18-7-14-10(2)12-6-11(16)4-5-13(12)21-14;/h4-6,9H,7-8H2,1-3H3,(H3,17,18,19);1H. The van der Waals surface area contributed by atoms with Crippen LogP contribution in [0.15, 0.2) is 27.6 Å². The second kappa shape index (κ2) is 8.33. The van der Waals surface area contributed by atoms with Crippen molar-refractivity contribution >= 4 is 40.9 Å². The molecule has 3 N–H and O–H groups in total. The highest BCUT2D eigenvalue weighted by atomic mass is 127. The number of aryl methyl sites for hydroxylation is 1. The van der Waals surface area contributed by atoms with E-state index in [0.717, 1.165) is 10.9 Å². The Morgan fingerprint density at radius 2 is 2.23 bits per heavy atom. The number of nitrogens with zero attached hydrogens (tertiary/aromatic N) is 1. The lowest BCUT2D eigenvalue weighted by Crippen LogP contribution is -2.40. The molecule has 0 aliphatic heterocycles. The summed E-state index contributed by atoms with van der Waals surface area (Å²) in [7, 11) is 1.63. The predicted octanol–water partition coefficient (Wildman–Crippen LogP) is 2.94. The molecule has 0 radical (unpaired) electrons. The van der Waals surface area contributed by atoms with Gasteiger partial charge in [0, 0.05) is 24.1 Å². The van der Waals surface area contributed by atoms with Crippen molar-refractivity contribution in [3.63, 3.8) is 0 Å². The Morgan fingerprint density at radius 1 is 1.50 bits per heavy atom. The molecule has 0 saturated heterocycles. The molecule has 122 valence electrons. The fourth-order valence-corrected chi connectivity index (χ4v) is 2.14. The monoisotopic (exact) mass is 421 g/mol. The average Bonchev–Trinajstić information content (AvgIpc) is 2.73. The van der Waals surface area contributed by atoms with E-state index >= 15 is 0 Å². The summed E-state index contributed by atoms with van der Waals surface area (Å²) in [6.45, 7) is 4.67. The normalized spacial score (nSPS) is 13.0. The summed E-state index contributed by atoms with van der Waals surface area (Å²) in [4.78, 5) is 4.24. The molecule has 0 amide bonds. The Hall–Kier alpha value is -1.35. The zero-order valence-electron chi connectivity index (χ0n) is 12.9. The molecule has 1 atom stereocenters. The molecule has 0 bridgehead atoms. The first-order valence-corrected chi connectivity index (χ1v) is 6.74. The Bertz CT molecular complexity index is 658. The van der Waals surface area contributed by atoms with E-state index in [1.807, 2.05) is 13.8 Å². The van der Waals surface area contributed by atoms with Gasteiger partial charge in [-0.25, -0.2) is 9.38 Å². The molecule has 1 aromatic carbocycles. The second-order valence-electron chi connectivity index (χ2n) is 4.99. The van der Waals surface area contributed by atoms with Crippen molar-refractivity contribution in [1.82, 2.24) is 5.32 Å². The van der Waals surface area contributed by atoms with Crippen LogP contribution in [0, 0.1) is 12.7 Å². The number of nitrogens with one attached hydrogen (secondary N) is 1. The molecule has 5 nitrogen and oxygen atoms in total. The average molecular weight is 421 g/mol. The molecular formula is C15H21FIN3O2. The van der Waals surface area contributed by atoms with Crippen LogP contribution in [-0.2, 0) is 11.3 Å². The molecular weight excluding hydrogens is 400 g/mol. The highest BCUT2D eigenvalue weighted by Crippen LogP contribution is 2.26. The van der Waals surface area contributed by atoms with E-state index in [9.17, 15) is 4.39 Å². The Balaban J connectivity index is 0.00000242. The number of hydrogen-bond acceptors (Lipinski definition) is 3. The SMILES string of the molecule is COCC(C)NC(N)=NCc1oc2ccc(F)cc2c1C.I. The van der Waals surface area contributed by atoms with Crippen LogP contribution in [0.2, 0.25) is 0 Å². The Morgan fingerprint density at radius 3 is 2.91 bits per heavy atom. The Kier molecular flexibility index (Phi) is 7.08. The van der Waals surface area contributed by atoms with Crippen LogP contribution in [-0.4, -0.2) is 25.7 Å². The van der Waals surface area contributed by atoms with Gasteiger partial charge in [0.15, 0.2) is 5.96 Å². The highest BCUT2D eigenvalue weighted by Gasteiger charge is 2.11. The van der Waals surface area contributed by atoms with Gasteiger partial charge in [-0.05, 0) is 32.0 Å². The Labute approximate surface area is 146 Å². The van der Waals surface area contributed by atoms with E-state index in [1.54, 1.807) is 13.2 Å². The van der Waals surface area contributed by atoms with Crippen LogP contribution in [0.25, 0.3) is 11.0 Å². The van der Waals surface area contributed by atoms with Crippen molar-refractivity contribution in [2.24, 2.45) is 10.7 Å². The number of guanidine groups is 1. The number of nitrogens with two attached hydrogens (primary N) is 1. The van der Waals surface area contributed by atoms with Crippen molar-refractivity contribution in [2.75, 3.05) is 13.7 Å². The van der Waals surface area contributed by atoms with E-state index in [-0.39, 0.29) is 35.8 Å². The number of benzene rings is 1. The first-order valence-electron chi connectivity index (χ1n) is 6.74. The van der Waals surface area contributed by atoms with E-state index in [1.165, 1.54) is 12.1 Å². The minimum absolute atomic E-state index is 0. The zero-order chi connectivity index (χ0) is 15.4. The van der Waals surface area contributed by atoms with Gasteiger partial charge in [-0.2, -0.15) is 0 Å². The largest absolute Gasteiger partial charge is 0.459 e. The van der Waals surface area contributed by atoms with Gasteiger partial charge in [-0.1, -0.05) is 0 Å². The third kappa shape index (κ3) is 4.57. The number of halogens is 2. The molecule has 1 heterocycles. The molecule has 7 heteroatoms. The van der Waals surface area contributed by atoms with E-state index in [0.29, 0.717) is 30.5 Å². The fourth-order valence-electron chi connectivity index (χ4n) is 2.14. The molecule has 22 heavy (non-hydrogen) atoms. The number of ether oxygens (including phenoxy) is 1. The van der Waals surface area contributed by atoms with E-state index < -0.39 is 0 Å². The molecule has 0 saturated carbocycles. The van der Waals surface area contributed by atoms with Gasteiger partial charge in [-0.15, -0.1) is 24.0 Å². The van der Waals surface area contributed by atoms with Gasteiger partial charge in [0.2, 0.25) is 0 Å². The summed E-state index contributed by atoms with van der Waals surface area (Å²) in [6, 6.07) is 4.53. The quantitative estimate of drug-likeness (QED) is 0.443. The van der Waals surface area contributed by atoms with Crippen LogP contribution in [0.4, 0.5) is 4.39 Å². The maximum atomic E-state index is 13.2. The van der Waals surface area contributed by atoms with Crippen molar-refractivity contribution < 1.29 is 13.5 Å². The predicted molar refractivity (Wildman–Crippen MR) is 96.1 cm³/mol. The van der Waals surface area contributed by atoms with Crippen LogP contribution in [0.1, 0.15) is 18.2 Å². The molecule has 0 fully saturated rings. The summed E-state index contributed by atoms with van der Waals surface area (Å²) in [5.41, 5.74) is 7.33. The summed E-state index contributed by atoms with van der Waals surface area (Å²) in [6.07, 6.45) is 0. The third-order valence-electron chi connectivity index (χ3n) is 3.20. The zero-order valence-corrected chi connectivity index (χ0v) is 15.2. The summed E-state index contributed by atoms with van der Waals surface area (Å²) in [5.74, 6) is 0.723. The maximum absolute atomic E-state index is 13.2. The topological polar surface area (TPSA) is 72.8 Å². The third-order valence-corrected chi connectivity index (χ3v) is 3.20. The molecule has 1 unspecified atom stereocenters. The van der Waals surface area contributed by atoms with Gasteiger partial charge in [0.25, 0.3) is 0 Å². The first-order chi connectivity index (χ1) is 10.0. The molecule has 2 aromatic rings. The number of aliphatic imine (C=N–C) groups is 1. The van der Waals surface area contributed by atoms with Gasteiger partial charge in [-0.3, -0.25) is 0 Å². The summed E-state index contributed by atoms with van der Waals surface area (Å²) in [5, 5.41) is 3.78. The minimum Gasteiger partial charge on any atom is -0.459 e. The van der Waals surface area contributed by atoms with Crippen LogP contribution in [0.3, 0.4) is 0 Å². The number of furan rings is 1. The number of methoxy groups -OCH3 is 1. The van der Waals surface area contributed by atoms with E-state index in [4.69, 9.17) is 14.9 Å². The maximum Gasteiger partial charge on any atom is 0.189 e. The van der Waals surface area contributed by atoms with Crippen LogP contribution >= 0.6 is 24.0 Å². The van der Waals surface area contributed by atoms with Gasteiger partial charge in [0.1, 0.15) is 23.7 Å². The molecule has 0 aliphatic carbocycles. The highest BCUT2D eigenvalue weighted by molar-refractivity contribution is 14.0. The van der Waals surface area contributed by atoms with Gasteiger partial charge < -0.3 is 20.2 Å². The molecule has 1 aromatic heterocycles. The smallest absolute Gasteiger partial charge is 0.189 e. The lowest BCUT2D eigenvalue weighted by atomic mass is 10.1. The van der Waals surface area contributed by atoms with Gasteiger partial charge >= 0.3 is 0 Å². The first kappa shape index (κ1) is 18.7. The number of fused-ring (bicyclic) bond motifs is 1. The molecule has 0 spiro atoms. The summed E-state index contributed by atoms with van der Waals surface area (Å²) >= 11 is 0. The summed E-state index contributed by atoms with van der Waals surface area (Å²) < 4.78 is 23.9. The van der Waals surface area contributed by atoms with Crippen LogP contribution in [0.5, 0.6) is 0 Å². The van der Waals surface area contributed by atoms with Crippen molar-refractivity contribution in [2.45, 2.75) is 26.4 Å². The van der Waals surface area contributed by atoms with Crippen molar-refractivity contribution in [3.05, 3.63) is 35.3 Å². The molecule has 0 aliphatic rings. The fraction of sp³-hybridized carbons (Fsp3) is 0.400. The van der Waals surface area contributed by atoms with Crippen molar-refractivity contribution in [1.29, 1.82) is 0 Å². The van der Waals surface area contributed by atoms with Crippen molar-refractivity contribution in [3.8, 4) is 0 Å². The van der Waals surface area contributed by atoms with E-state index in [2.05, 4.69) is 10.3 Å². The van der Waals surface area contributed by atoms with Crippen LogP contribution < -0.4 is 11.1 Å². The number of rotatable bonds is 5. The molecule has 2 rings (SSSR count). The minimum atomic E-state index is -0.281. The lowest BCUT2D eigenvalue weighted by Gasteiger charge is -2.12. The van der Waals surface area contributed by atoms with Gasteiger partial charge in [0.05, 0.1) is 6.61 Å². The second-order valence-corrected chi connectivity index (χ2v) is 4.99.